The Morgan fingerprint density at radius 2 is 2.04 bits per heavy atom. The topological polar surface area (TPSA) is 68.7 Å². The SMILES string of the molecule is COc1ccc(C)cc1S(=O)(=O)N1CC(Oc2cccnc2)C1. The molecule has 1 saturated heterocycles. The summed E-state index contributed by atoms with van der Waals surface area (Å²) in [5, 5.41) is 0. The second-order valence-electron chi connectivity index (χ2n) is 5.40. The van der Waals surface area contributed by atoms with E-state index in [9.17, 15) is 8.42 Å². The van der Waals surface area contributed by atoms with E-state index in [1.807, 2.05) is 13.0 Å². The molecule has 2 heterocycles. The molecule has 1 fully saturated rings. The second kappa shape index (κ2) is 6.17. The maximum Gasteiger partial charge on any atom is 0.247 e. The van der Waals surface area contributed by atoms with Gasteiger partial charge in [-0.25, -0.2) is 8.42 Å². The van der Waals surface area contributed by atoms with Gasteiger partial charge in [-0.1, -0.05) is 6.07 Å². The van der Waals surface area contributed by atoms with Crippen LogP contribution >= 0.6 is 0 Å². The van der Waals surface area contributed by atoms with Crippen molar-refractivity contribution >= 4 is 10.0 Å². The van der Waals surface area contributed by atoms with E-state index in [-0.39, 0.29) is 11.0 Å². The standard InChI is InChI=1S/C16H18N2O4S/c1-12-5-6-15(21-2)16(8-12)23(19,20)18-10-14(11-18)22-13-4-3-7-17-9-13/h3-9,14H,10-11H2,1-2H3. The average Bonchev–Trinajstić information content (AvgIpc) is 2.51. The van der Waals surface area contributed by atoms with Crippen molar-refractivity contribution in [1.82, 2.24) is 9.29 Å². The number of methoxy groups -OCH3 is 1. The summed E-state index contributed by atoms with van der Waals surface area (Å²) >= 11 is 0. The summed E-state index contributed by atoms with van der Waals surface area (Å²) in [5.74, 6) is 0.995. The molecule has 122 valence electrons. The number of ether oxygens (including phenoxy) is 2. The van der Waals surface area contributed by atoms with Crippen molar-refractivity contribution in [3.8, 4) is 11.5 Å². The first kappa shape index (κ1) is 15.8. The zero-order valence-electron chi connectivity index (χ0n) is 13.0. The Hall–Kier alpha value is -2.12. The summed E-state index contributed by atoms with van der Waals surface area (Å²) < 4.78 is 37.7. The molecule has 0 spiro atoms. The Morgan fingerprint density at radius 1 is 1.26 bits per heavy atom. The zero-order chi connectivity index (χ0) is 16.4. The molecule has 1 aliphatic heterocycles. The van der Waals surface area contributed by atoms with Gasteiger partial charge in [0.05, 0.1) is 26.4 Å². The largest absolute Gasteiger partial charge is 0.495 e. The van der Waals surface area contributed by atoms with Gasteiger partial charge in [0, 0.05) is 6.20 Å². The van der Waals surface area contributed by atoms with Crippen molar-refractivity contribution in [3.63, 3.8) is 0 Å². The van der Waals surface area contributed by atoms with Crippen LogP contribution in [0.3, 0.4) is 0 Å². The molecule has 0 unspecified atom stereocenters. The van der Waals surface area contributed by atoms with Crippen molar-refractivity contribution < 1.29 is 17.9 Å². The van der Waals surface area contributed by atoms with Gasteiger partial charge in [0.1, 0.15) is 22.5 Å². The summed E-state index contributed by atoms with van der Waals surface area (Å²) in [5.41, 5.74) is 0.869. The molecule has 0 amide bonds. The van der Waals surface area contributed by atoms with Gasteiger partial charge in [-0.05, 0) is 36.8 Å². The highest BCUT2D eigenvalue weighted by Gasteiger charge is 2.39. The summed E-state index contributed by atoms with van der Waals surface area (Å²) in [7, 11) is -2.11. The quantitative estimate of drug-likeness (QED) is 0.835. The summed E-state index contributed by atoms with van der Waals surface area (Å²) in [6.45, 7) is 2.48. The molecular formula is C16H18N2O4S. The van der Waals surface area contributed by atoms with Crippen LogP contribution in [0.2, 0.25) is 0 Å². The van der Waals surface area contributed by atoms with Crippen LogP contribution in [0.1, 0.15) is 5.56 Å². The highest BCUT2D eigenvalue weighted by Crippen LogP contribution is 2.31. The van der Waals surface area contributed by atoms with Crippen LogP contribution < -0.4 is 9.47 Å². The fourth-order valence-electron chi connectivity index (χ4n) is 2.41. The van der Waals surface area contributed by atoms with Gasteiger partial charge >= 0.3 is 0 Å². The van der Waals surface area contributed by atoms with E-state index in [2.05, 4.69) is 4.98 Å². The predicted molar refractivity (Wildman–Crippen MR) is 85.1 cm³/mol. The number of pyridine rings is 1. The lowest BCUT2D eigenvalue weighted by atomic mass is 10.2. The van der Waals surface area contributed by atoms with Crippen molar-refractivity contribution in [3.05, 3.63) is 48.3 Å². The molecule has 2 aromatic rings. The Bertz CT molecular complexity index is 787. The Morgan fingerprint density at radius 3 is 2.70 bits per heavy atom. The van der Waals surface area contributed by atoms with Crippen LogP contribution in [-0.2, 0) is 10.0 Å². The third-order valence-electron chi connectivity index (χ3n) is 3.69. The molecule has 0 radical (unpaired) electrons. The highest BCUT2D eigenvalue weighted by atomic mass is 32.2. The lowest BCUT2D eigenvalue weighted by molar-refractivity contribution is 0.0757. The molecule has 6 nitrogen and oxygen atoms in total. The Kier molecular flexibility index (Phi) is 4.23. The molecule has 1 aliphatic rings. The van der Waals surface area contributed by atoms with E-state index in [1.165, 1.54) is 11.4 Å². The van der Waals surface area contributed by atoms with Gasteiger partial charge in [-0.3, -0.25) is 4.98 Å². The van der Waals surface area contributed by atoms with Crippen LogP contribution in [0, 0.1) is 6.92 Å². The van der Waals surface area contributed by atoms with Crippen LogP contribution in [0.15, 0.2) is 47.6 Å². The van der Waals surface area contributed by atoms with Gasteiger partial charge in [-0.15, -0.1) is 0 Å². The first-order valence-corrected chi connectivity index (χ1v) is 8.66. The second-order valence-corrected chi connectivity index (χ2v) is 7.31. The van der Waals surface area contributed by atoms with E-state index in [1.54, 1.807) is 36.7 Å². The summed E-state index contributed by atoms with van der Waals surface area (Å²) in [6, 6.07) is 8.70. The summed E-state index contributed by atoms with van der Waals surface area (Å²) in [4.78, 5) is 4.16. The van der Waals surface area contributed by atoms with Crippen molar-refractivity contribution in [2.45, 2.75) is 17.9 Å². The van der Waals surface area contributed by atoms with Gasteiger partial charge in [0.25, 0.3) is 0 Å². The van der Waals surface area contributed by atoms with Gasteiger partial charge in [0.15, 0.2) is 0 Å². The lowest BCUT2D eigenvalue weighted by Gasteiger charge is -2.37. The zero-order valence-corrected chi connectivity index (χ0v) is 13.8. The van der Waals surface area contributed by atoms with Crippen molar-refractivity contribution in [2.24, 2.45) is 0 Å². The molecule has 0 N–H and O–H groups in total. The first-order chi connectivity index (χ1) is 11.0. The number of rotatable bonds is 5. The molecule has 23 heavy (non-hydrogen) atoms. The number of benzene rings is 1. The monoisotopic (exact) mass is 334 g/mol. The number of hydrogen-bond acceptors (Lipinski definition) is 5. The van der Waals surface area contributed by atoms with E-state index >= 15 is 0 Å². The van der Waals surface area contributed by atoms with Crippen LogP contribution in [0.25, 0.3) is 0 Å². The molecule has 0 saturated carbocycles. The fourth-order valence-corrected chi connectivity index (χ4v) is 4.15. The van der Waals surface area contributed by atoms with E-state index in [0.29, 0.717) is 24.6 Å². The molecule has 7 heteroatoms. The molecule has 0 bridgehead atoms. The molecule has 3 rings (SSSR count). The van der Waals surface area contributed by atoms with Crippen LogP contribution in [-0.4, -0.2) is 44.0 Å². The first-order valence-electron chi connectivity index (χ1n) is 7.22. The van der Waals surface area contributed by atoms with Crippen molar-refractivity contribution in [1.29, 1.82) is 0 Å². The molecular weight excluding hydrogens is 316 g/mol. The molecule has 1 aromatic heterocycles. The minimum Gasteiger partial charge on any atom is -0.495 e. The van der Waals surface area contributed by atoms with Gasteiger partial charge in [-0.2, -0.15) is 4.31 Å². The number of aryl methyl sites for hydroxylation is 1. The maximum atomic E-state index is 12.7. The Labute approximate surface area is 135 Å². The van der Waals surface area contributed by atoms with Gasteiger partial charge < -0.3 is 9.47 Å². The molecule has 1 aromatic carbocycles. The lowest BCUT2D eigenvalue weighted by Crippen LogP contribution is -2.56. The average molecular weight is 334 g/mol. The Balaban J connectivity index is 1.72. The molecule has 0 atom stereocenters. The van der Waals surface area contributed by atoms with E-state index in [4.69, 9.17) is 9.47 Å². The normalized spacial score (nSPS) is 15.9. The highest BCUT2D eigenvalue weighted by molar-refractivity contribution is 7.89. The third-order valence-corrected chi connectivity index (χ3v) is 5.54. The number of aromatic nitrogens is 1. The summed E-state index contributed by atoms with van der Waals surface area (Å²) in [6.07, 6.45) is 3.11. The van der Waals surface area contributed by atoms with Crippen LogP contribution in [0.5, 0.6) is 11.5 Å². The van der Waals surface area contributed by atoms with E-state index in [0.717, 1.165) is 5.56 Å². The van der Waals surface area contributed by atoms with Crippen molar-refractivity contribution in [2.75, 3.05) is 20.2 Å². The predicted octanol–water partition coefficient (Wildman–Crippen LogP) is 1.85. The van der Waals surface area contributed by atoms with Crippen LogP contribution in [0.4, 0.5) is 0 Å². The third kappa shape index (κ3) is 3.16. The van der Waals surface area contributed by atoms with Gasteiger partial charge in [0.2, 0.25) is 10.0 Å². The minimum absolute atomic E-state index is 0.162. The number of sulfonamides is 1. The number of nitrogens with zero attached hydrogens (tertiary/aromatic N) is 2. The minimum atomic E-state index is -3.58. The number of hydrogen-bond donors (Lipinski definition) is 0. The fraction of sp³-hybridized carbons (Fsp3) is 0.312. The maximum absolute atomic E-state index is 12.7. The molecule has 0 aliphatic carbocycles. The van der Waals surface area contributed by atoms with E-state index < -0.39 is 10.0 Å². The smallest absolute Gasteiger partial charge is 0.247 e.